The molecule has 10 heteroatoms. The smallest absolute Gasteiger partial charge is 0.264 e. The van der Waals surface area contributed by atoms with E-state index in [-0.39, 0.29) is 29.5 Å². The molecule has 4 aromatic rings. The molecule has 1 N–H and O–H groups in total. The average Bonchev–Trinajstić information content (AvgIpc) is 2.98. The van der Waals surface area contributed by atoms with Gasteiger partial charge < -0.3 is 10.2 Å². The molecule has 0 aliphatic heterocycles. The molecule has 218 valence electrons. The van der Waals surface area contributed by atoms with E-state index in [1.165, 1.54) is 30.1 Å². The quantitative estimate of drug-likeness (QED) is 0.226. The molecule has 2 amide bonds. The Labute approximate surface area is 256 Å². The highest BCUT2D eigenvalue weighted by Crippen LogP contribution is 2.27. The number of halogens is 2. The van der Waals surface area contributed by atoms with Gasteiger partial charge in [0, 0.05) is 30.1 Å². The van der Waals surface area contributed by atoms with Gasteiger partial charge in [0.25, 0.3) is 10.0 Å². The van der Waals surface area contributed by atoms with Crippen molar-refractivity contribution >= 4 is 50.7 Å². The summed E-state index contributed by atoms with van der Waals surface area (Å²) in [6.07, 6.45) is 0.224. The number of nitrogens with zero attached hydrogens (tertiary/aromatic N) is 2. The summed E-state index contributed by atoms with van der Waals surface area (Å²) in [7, 11) is -2.69. The van der Waals surface area contributed by atoms with Gasteiger partial charge in [0.15, 0.2) is 0 Å². The fourth-order valence-electron chi connectivity index (χ4n) is 4.50. The molecule has 0 aromatic heterocycles. The summed E-state index contributed by atoms with van der Waals surface area (Å²) in [4.78, 5) is 29.0. The molecule has 0 radical (unpaired) electrons. The van der Waals surface area contributed by atoms with Gasteiger partial charge >= 0.3 is 0 Å². The van der Waals surface area contributed by atoms with Crippen LogP contribution in [0, 0.1) is 6.92 Å². The zero-order valence-corrected chi connectivity index (χ0v) is 25.5. The van der Waals surface area contributed by atoms with Gasteiger partial charge in [0.05, 0.1) is 10.6 Å². The number of anilines is 1. The summed E-state index contributed by atoms with van der Waals surface area (Å²) in [5.74, 6) is -0.943. The molecule has 4 aromatic carbocycles. The highest BCUT2D eigenvalue weighted by atomic mass is 35.5. The predicted molar refractivity (Wildman–Crippen MR) is 167 cm³/mol. The van der Waals surface area contributed by atoms with E-state index in [2.05, 4.69) is 5.32 Å². The molecule has 0 aliphatic rings. The topological polar surface area (TPSA) is 86.8 Å². The van der Waals surface area contributed by atoms with Crippen LogP contribution >= 0.6 is 23.2 Å². The summed E-state index contributed by atoms with van der Waals surface area (Å²) in [6.45, 7) is 1.34. The van der Waals surface area contributed by atoms with Gasteiger partial charge in [-0.1, -0.05) is 89.4 Å². The molecule has 42 heavy (non-hydrogen) atoms. The number of sulfonamides is 1. The van der Waals surface area contributed by atoms with Gasteiger partial charge in [0.2, 0.25) is 11.8 Å². The predicted octanol–water partition coefficient (Wildman–Crippen LogP) is 5.88. The van der Waals surface area contributed by atoms with Crippen LogP contribution in [0.3, 0.4) is 0 Å². The van der Waals surface area contributed by atoms with Gasteiger partial charge in [-0.25, -0.2) is 8.42 Å². The van der Waals surface area contributed by atoms with Gasteiger partial charge in [-0.05, 0) is 60.5 Å². The van der Waals surface area contributed by atoms with Crippen molar-refractivity contribution in [2.45, 2.75) is 30.8 Å². The lowest BCUT2D eigenvalue weighted by atomic mass is 10.0. The molecule has 7 nitrogen and oxygen atoms in total. The third-order valence-corrected chi connectivity index (χ3v) is 9.04. The van der Waals surface area contributed by atoms with Crippen LogP contribution in [0.25, 0.3) is 0 Å². The van der Waals surface area contributed by atoms with Crippen LogP contribution in [-0.2, 0) is 32.6 Å². The maximum Gasteiger partial charge on any atom is 0.264 e. The number of amides is 2. The molecular formula is C32H31Cl2N3O4S. The van der Waals surface area contributed by atoms with Crippen LogP contribution in [0.2, 0.25) is 10.0 Å². The lowest BCUT2D eigenvalue weighted by Crippen LogP contribution is -2.53. The van der Waals surface area contributed by atoms with E-state index < -0.39 is 28.5 Å². The molecule has 0 spiro atoms. The molecule has 1 atom stereocenters. The van der Waals surface area contributed by atoms with E-state index in [0.29, 0.717) is 10.0 Å². The Morgan fingerprint density at radius 2 is 1.48 bits per heavy atom. The van der Waals surface area contributed by atoms with Crippen LogP contribution in [0.15, 0.2) is 108 Å². The molecule has 0 saturated carbocycles. The first-order chi connectivity index (χ1) is 20.1. The van der Waals surface area contributed by atoms with E-state index in [0.717, 1.165) is 21.0 Å². The third-order valence-electron chi connectivity index (χ3n) is 6.77. The van der Waals surface area contributed by atoms with Crippen LogP contribution in [0.1, 0.15) is 16.7 Å². The summed E-state index contributed by atoms with van der Waals surface area (Å²) in [5, 5.41) is 3.51. The SMILES string of the molecule is CNC(=O)[C@H](Cc1ccccc1)N(Cc1ccc(Cl)cc1)C(=O)CN(c1cccc(Cl)c1)S(=O)(=O)c1ccc(C)cc1. The van der Waals surface area contributed by atoms with Gasteiger partial charge in [-0.2, -0.15) is 0 Å². The second-order valence-electron chi connectivity index (χ2n) is 9.77. The normalized spacial score (nSPS) is 11.9. The van der Waals surface area contributed by atoms with Crippen molar-refractivity contribution in [1.82, 2.24) is 10.2 Å². The maximum atomic E-state index is 14.2. The van der Waals surface area contributed by atoms with Crippen molar-refractivity contribution in [2.75, 3.05) is 17.9 Å². The van der Waals surface area contributed by atoms with E-state index >= 15 is 0 Å². The Hall–Kier alpha value is -3.85. The zero-order valence-electron chi connectivity index (χ0n) is 23.2. The molecule has 0 bridgehead atoms. The number of hydrogen-bond donors (Lipinski definition) is 1. The summed E-state index contributed by atoms with van der Waals surface area (Å²) < 4.78 is 29.0. The van der Waals surface area contributed by atoms with Crippen molar-refractivity contribution in [3.8, 4) is 0 Å². The van der Waals surface area contributed by atoms with E-state index in [4.69, 9.17) is 23.2 Å². The molecule has 0 saturated heterocycles. The van der Waals surface area contributed by atoms with Gasteiger partial charge in [0.1, 0.15) is 12.6 Å². The molecule has 0 heterocycles. The number of nitrogens with one attached hydrogen (secondary N) is 1. The standard InChI is InChI=1S/C32H31Cl2N3O4S/c1-23-11-17-29(18-12-23)42(40,41)37(28-10-6-9-27(34)20-28)22-31(38)36(21-25-13-15-26(33)16-14-25)30(32(39)35-2)19-24-7-4-3-5-8-24/h3-18,20,30H,19,21-22H2,1-2H3,(H,35,39)/t30-/m0/s1. The van der Waals surface area contributed by atoms with Crippen LogP contribution < -0.4 is 9.62 Å². The molecule has 4 rings (SSSR count). The Balaban J connectivity index is 1.78. The Kier molecular flexibility index (Phi) is 10.3. The Bertz CT molecular complexity index is 1630. The molecule has 0 unspecified atom stereocenters. The lowest BCUT2D eigenvalue weighted by molar-refractivity contribution is -0.139. The monoisotopic (exact) mass is 623 g/mol. The number of benzene rings is 4. The fourth-order valence-corrected chi connectivity index (χ4v) is 6.22. The number of rotatable bonds is 11. The number of carbonyl (C=O) groups is 2. The van der Waals surface area contributed by atoms with Crippen molar-refractivity contribution in [1.29, 1.82) is 0 Å². The minimum Gasteiger partial charge on any atom is -0.357 e. The van der Waals surface area contributed by atoms with Crippen LogP contribution in [-0.4, -0.2) is 44.8 Å². The van der Waals surface area contributed by atoms with E-state index in [1.807, 2.05) is 37.3 Å². The van der Waals surface area contributed by atoms with Crippen molar-refractivity contribution in [3.63, 3.8) is 0 Å². The van der Waals surface area contributed by atoms with Crippen molar-refractivity contribution in [2.24, 2.45) is 0 Å². The first kappa shape index (κ1) is 31.1. The Morgan fingerprint density at radius 1 is 0.810 bits per heavy atom. The lowest BCUT2D eigenvalue weighted by Gasteiger charge is -2.33. The first-order valence-electron chi connectivity index (χ1n) is 13.2. The largest absolute Gasteiger partial charge is 0.357 e. The minimum absolute atomic E-state index is 0.0252. The molecule has 0 fully saturated rings. The van der Waals surface area contributed by atoms with Gasteiger partial charge in [-0.15, -0.1) is 0 Å². The van der Waals surface area contributed by atoms with Crippen molar-refractivity contribution in [3.05, 3.63) is 130 Å². The molecular weight excluding hydrogens is 593 g/mol. The summed E-state index contributed by atoms with van der Waals surface area (Å²) >= 11 is 12.3. The van der Waals surface area contributed by atoms with Gasteiger partial charge in [-0.3, -0.25) is 13.9 Å². The average molecular weight is 625 g/mol. The van der Waals surface area contributed by atoms with Crippen LogP contribution in [0.5, 0.6) is 0 Å². The summed E-state index contributed by atoms with van der Waals surface area (Å²) in [5.41, 5.74) is 2.69. The first-order valence-corrected chi connectivity index (χ1v) is 15.4. The third kappa shape index (κ3) is 7.70. The van der Waals surface area contributed by atoms with E-state index in [9.17, 15) is 18.0 Å². The maximum absolute atomic E-state index is 14.2. The highest BCUT2D eigenvalue weighted by Gasteiger charge is 2.34. The minimum atomic E-state index is -4.20. The van der Waals surface area contributed by atoms with E-state index in [1.54, 1.807) is 54.6 Å². The number of carbonyl (C=O) groups excluding carboxylic acids is 2. The van der Waals surface area contributed by atoms with Crippen molar-refractivity contribution < 1.29 is 18.0 Å². The fraction of sp³-hybridized carbons (Fsp3) is 0.188. The second-order valence-corrected chi connectivity index (χ2v) is 12.5. The molecule has 0 aliphatic carbocycles. The van der Waals surface area contributed by atoms with Crippen LogP contribution in [0.4, 0.5) is 5.69 Å². The second kappa shape index (κ2) is 13.9. The Morgan fingerprint density at radius 3 is 2.10 bits per heavy atom. The summed E-state index contributed by atoms with van der Waals surface area (Å²) in [6, 6.07) is 28.0. The number of aryl methyl sites for hydroxylation is 1. The zero-order chi connectivity index (χ0) is 30.3. The number of likely N-dealkylation sites (N-methyl/N-ethyl adjacent to an activating group) is 1. The highest BCUT2D eigenvalue weighted by molar-refractivity contribution is 7.92. The number of hydrogen-bond acceptors (Lipinski definition) is 4.